The van der Waals surface area contributed by atoms with Crippen LogP contribution in [0.15, 0.2) is 0 Å². The molecule has 0 atom stereocenters. The smallest absolute Gasteiger partial charge is 0.320 e. The molecule has 0 saturated carbocycles. The molecule has 0 radical (unpaired) electrons. The zero-order chi connectivity index (χ0) is 14.8. The lowest BCUT2D eigenvalue weighted by Crippen LogP contribution is -2.50. The first-order valence-corrected chi connectivity index (χ1v) is 8.50. The van der Waals surface area contributed by atoms with Gasteiger partial charge in [-0.2, -0.15) is 0 Å². The lowest BCUT2D eigenvalue weighted by Gasteiger charge is -2.32. The maximum absolute atomic E-state index is 12.3. The minimum Gasteiger partial charge on any atom is -0.351 e. The molecule has 20 heavy (non-hydrogen) atoms. The van der Waals surface area contributed by atoms with E-state index in [1.807, 2.05) is 0 Å². The van der Waals surface area contributed by atoms with Gasteiger partial charge in [0.1, 0.15) is 0 Å². The SMILES string of the molecule is NC(=O)N1CCCN(C(=O)N2CCS(=O)(=O)CC2)CC1. The van der Waals surface area contributed by atoms with Gasteiger partial charge in [0, 0.05) is 39.3 Å². The Balaban J connectivity index is 1.91. The number of amides is 4. The van der Waals surface area contributed by atoms with E-state index < -0.39 is 15.9 Å². The van der Waals surface area contributed by atoms with Crippen LogP contribution in [0, 0.1) is 0 Å². The van der Waals surface area contributed by atoms with Crippen LogP contribution in [0.5, 0.6) is 0 Å². The van der Waals surface area contributed by atoms with Crippen molar-refractivity contribution >= 4 is 21.9 Å². The zero-order valence-corrected chi connectivity index (χ0v) is 12.1. The molecule has 2 saturated heterocycles. The molecule has 2 aliphatic heterocycles. The van der Waals surface area contributed by atoms with Gasteiger partial charge in [0.15, 0.2) is 9.84 Å². The van der Waals surface area contributed by atoms with E-state index in [0.717, 1.165) is 0 Å². The van der Waals surface area contributed by atoms with Gasteiger partial charge < -0.3 is 20.4 Å². The summed E-state index contributed by atoms with van der Waals surface area (Å²) in [4.78, 5) is 28.2. The predicted molar refractivity (Wildman–Crippen MR) is 73.0 cm³/mol. The molecule has 9 heteroatoms. The van der Waals surface area contributed by atoms with Crippen molar-refractivity contribution in [3.8, 4) is 0 Å². The molecule has 0 aromatic carbocycles. The molecular formula is C11H20N4O4S. The van der Waals surface area contributed by atoms with Crippen molar-refractivity contribution in [3.63, 3.8) is 0 Å². The molecular weight excluding hydrogens is 284 g/mol. The van der Waals surface area contributed by atoms with E-state index in [0.29, 0.717) is 32.6 Å². The Morgan fingerprint density at radius 2 is 1.30 bits per heavy atom. The minimum absolute atomic E-state index is 0.0278. The molecule has 0 bridgehead atoms. The Labute approximate surface area is 118 Å². The Morgan fingerprint density at radius 3 is 1.90 bits per heavy atom. The van der Waals surface area contributed by atoms with Gasteiger partial charge in [0.25, 0.3) is 0 Å². The zero-order valence-electron chi connectivity index (χ0n) is 11.3. The van der Waals surface area contributed by atoms with Crippen molar-refractivity contribution in [3.05, 3.63) is 0 Å². The van der Waals surface area contributed by atoms with Crippen molar-refractivity contribution < 1.29 is 18.0 Å². The number of nitrogens with two attached hydrogens (primary N) is 1. The standard InChI is InChI=1S/C11H20N4O4S/c12-10(16)13-2-1-3-14(5-4-13)11(17)15-6-8-20(18,19)9-7-15/h1-9H2,(H2,12,16). The summed E-state index contributed by atoms with van der Waals surface area (Å²) in [6.07, 6.45) is 0.681. The first-order chi connectivity index (χ1) is 9.39. The average Bonchev–Trinajstić information content (AvgIpc) is 2.63. The number of hydrogen-bond donors (Lipinski definition) is 1. The van der Waals surface area contributed by atoms with Crippen molar-refractivity contribution in [1.82, 2.24) is 14.7 Å². The van der Waals surface area contributed by atoms with Crippen LogP contribution in [0.25, 0.3) is 0 Å². The molecule has 0 aliphatic carbocycles. The second-order valence-electron chi connectivity index (χ2n) is 5.09. The third-order valence-electron chi connectivity index (χ3n) is 3.69. The molecule has 0 aromatic heterocycles. The highest BCUT2D eigenvalue weighted by molar-refractivity contribution is 7.91. The summed E-state index contributed by atoms with van der Waals surface area (Å²) in [6.45, 7) is 2.46. The van der Waals surface area contributed by atoms with E-state index in [4.69, 9.17) is 5.73 Å². The maximum Gasteiger partial charge on any atom is 0.320 e. The number of hydrogen-bond acceptors (Lipinski definition) is 4. The van der Waals surface area contributed by atoms with Gasteiger partial charge in [-0.3, -0.25) is 0 Å². The fourth-order valence-corrected chi connectivity index (χ4v) is 3.63. The molecule has 8 nitrogen and oxygen atoms in total. The third kappa shape index (κ3) is 3.53. The first kappa shape index (κ1) is 14.9. The number of rotatable bonds is 0. The number of sulfone groups is 1. The Kier molecular flexibility index (Phi) is 4.36. The van der Waals surface area contributed by atoms with Crippen LogP contribution >= 0.6 is 0 Å². The highest BCUT2D eigenvalue weighted by Crippen LogP contribution is 2.10. The lowest BCUT2D eigenvalue weighted by molar-refractivity contribution is 0.157. The van der Waals surface area contributed by atoms with Crippen LogP contribution < -0.4 is 5.73 Å². The number of carbonyl (C=O) groups is 2. The van der Waals surface area contributed by atoms with Gasteiger partial charge >= 0.3 is 12.1 Å². The molecule has 4 amide bonds. The Hall–Kier alpha value is -1.51. The van der Waals surface area contributed by atoms with E-state index in [-0.39, 0.29) is 30.6 Å². The maximum atomic E-state index is 12.3. The summed E-state index contributed by atoms with van der Waals surface area (Å²) in [6, 6.07) is -0.616. The average molecular weight is 304 g/mol. The van der Waals surface area contributed by atoms with Crippen molar-refractivity contribution in [1.29, 1.82) is 0 Å². The number of nitrogens with zero attached hydrogens (tertiary/aromatic N) is 3. The van der Waals surface area contributed by atoms with Crippen molar-refractivity contribution in [2.45, 2.75) is 6.42 Å². The molecule has 2 rings (SSSR count). The summed E-state index contributed by atoms with van der Waals surface area (Å²) in [5, 5.41) is 0. The van der Waals surface area contributed by atoms with Gasteiger partial charge in [0.05, 0.1) is 11.5 Å². The summed E-state index contributed by atoms with van der Waals surface area (Å²) >= 11 is 0. The van der Waals surface area contributed by atoms with Gasteiger partial charge in [0.2, 0.25) is 0 Å². The summed E-state index contributed by atoms with van der Waals surface area (Å²) in [7, 11) is -2.99. The summed E-state index contributed by atoms with van der Waals surface area (Å²) in [5.74, 6) is 0.0555. The summed E-state index contributed by atoms with van der Waals surface area (Å²) < 4.78 is 22.7. The van der Waals surface area contributed by atoms with Gasteiger partial charge in [-0.15, -0.1) is 0 Å². The number of carbonyl (C=O) groups excluding carboxylic acids is 2. The van der Waals surface area contributed by atoms with Crippen LogP contribution in [0.2, 0.25) is 0 Å². The van der Waals surface area contributed by atoms with E-state index in [2.05, 4.69) is 0 Å². The van der Waals surface area contributed by atoms with Gasteiger partial charge in [-0.05, 0) is 6.42 Å². The van der Waals surface area contributed by atoms with Crippen LogP contribution in [0.4, 0.5) is 9.59 Å². The second kappa shape index (κ2) is 5.86. The topological polar surface area (TPSA) is 104 Å². The monoisotopic (exact) mass is 304 g/mol. The van der Waals surface area contributed by atoms with Crippen LogP contribution in [-0.4, -0.2) is 86.0 Å². The minimum atomic E-state index is -2.99. The van der Waals surface area contributed by atoms with Crippen LogP contribution in [0.1, 0.15) is 6.42 Å². The van der Waals surface area contributed by atoms with Crippen molar-refractivity contribution in [2.75, 3.05) is 50.8 Å². The highest BCUT2D eigenvalue weighted by atomic mass is 32.2. The van der Waals surface area contributed by atoms with Crippen LogP contribution in [0.3, 0.4) is 0 Å². The first-order valence-electron chi connectivity index (χ1n) is 6.68. The summed E-state index contributed by atoms with van der Waals surface area (Å²) in [5.41, 5.74) is 5.24. The largest absolute Gasteiger partial charge is 0.351 e. The molecule has 2 fully saturated rings. The highest BCUT2D eigenvalue weighted by Gasteiger charge is 2.29. The predicted octanol–water partition coefficient (Wildman–Crippen LogP) is -1.08. The fraction of sp³-hybridized carbons (Fsp3) is 0.818. The fourth-order valence-electron chi connectivity index (χ4n) is 2.43. The molecule has 0 spiro atoms. The Bertz CT molecular complexity index is 479. The molecule has 2 heterocycles. The van der Waals surface area contributed by atoms with Gasteiger partial charge in [-0.25, -0.2) is 18.0 Å². The number of primary amides is 1. The molecule has 2 aliphatic rings. The van der Waals surface area contributed by atoms with E-state index >= 15 is 0 Å². The molecule has 114 valence electrons. The number of urea groups is 2. The lowest BCUT2D eigenvalue weighted by atomic mass is 10.4. The van der Waals surface area contributed by atoms with Gasteiger partial charge in [-0.1, -0.05) is 0 Å². The third-order valence-corrected chi connectivity index (χ3v) is 5.30. The van der Waals surface area contributed by atoms with E-state index in [9.17, 15) is 18.0 Å². The normalized spacial score (nSPS) is 23.3. The van der Waals surface area contributed by atoms with Crippen molar-refractivity contribution in [2.24, 2.45) is 5.73 Å². The van der Waals surface area contributed by atoms with E-state index in [1.165, 1.54) is 4.90 Å². The van der Waals surface area contributed by atoms with Crippen LogP contribution in [-0.2, 0) is 9.84 Å². The molecule has 0 aromatic rings. The molecule has 2 N–H and O–H groups in total. The molecule has 0 unspecified atom stereocenters. The quantitative estimate of drug-likeness (QED) is 0.615. The Morgan fingerprint density at radius 1 is 0.800 bits per heavy atom. The van der Waals surface area contributed by atoms with E-state index in [1.54, 1.807) is 9.80 Å². The second-order valence-corrected chi connectivity index (χ2v) is 7.39.